The average molecular weight is 291 g/mol. The molecule has 0 saturated carbocycles. The molecule has 4 heteroatoms. The van der Waals surface area contributed by atoms with E-state index < -0.39 is 0 Å². The minimum Gasteiger partial charge on any atom is -0.305 e. The Hall–Kier alpha value is -1.45. The van der Waals surface area contributed by atoms with Crippen molar-refractivity contribution in [1.82, 2.24) is 10.3 Å². The maximum absolute atomic E-state index is 13.1. The first kappa shape index (κ1) is 13.5. The summed E-state index contributed by atoms with van der Waals surface area (Å²) in [5.41, 5.74) is 3.46. The summed E-state index contributed by atoms with van der Waals surface area (Å²) < 4.78 is 13.1. The number of rotatable bonds is 3. The molecular formula is C16H16ClFN2. The van der Waals surface area contributed by atoms with E-state index in [9.17, 15) is 4.39 Å². The molecule has 104 valence electrons. The molecule has 1 unspecified atom stereocenters. The number of pyridine rings is 1. The van der Waals surface area contributed by atoms with E-state index in [1.165, 1.54) is 18.1 Å². The SMILES string of the molecule is Fc1ccc(CNC2CCCc3cccnc32)cc1Cl. The maximum Gasteiger partial charge on any atom is 0.141 e. The fourth-order valence-corrected chi connectivity index (χ4v) is 2.90. The third kappa shape index (κ3) is 2.84. The number of benzene rings is 1. The number of aryl methyl sites for hydroxylation is 1. The van der Waals surface area contributed by atoms with Gasteiger partial charge >= 0.3 is 0 Å². The Bertz CT molecular complexity index is 615. The van der Waals surface area contributed by atoms with E-state index in [0.717, 1.165) is 24.1 Å². The smallest absolute Gasteiger partial charge is 0.141 e. The minimum atomic E-state index is -0.375. The van der Waals surface area contributed by atoms with Crippen molar-refractivity contribution in [3.05, 3.63) is 64.2 Å². The molecule has 1 aromatic carbocycles. The molecule has 0 spiro atoms. The van der Waals surface area contributed by atoms with Crippen LogP contribution in [0.4, 0.5) is 4.39 Å². The number of hydrogen-bond acceptors (Lipinski definition) is 2. The van der Waals surface area contributed by atoms with Crippen molar-refractivity contribution < 1.29 is 4.39 Å². The Balaban J connectivity index is 1.71. The Kier molecular flexibility index (Phi) is 3.99. The zero-order valence-corrected chi connectivity index (χ0v) is 11.8. The number of halogens is 2. The van der Waals surface area contributed by atoms with Crippen LogP contribution in [0.5, 0.6) is 0 Å². The number of nitrogens with zero attached hydrogens (tertiary/aromatic N) is 1. The molecule has 20 heavy (non-hydrogen) atoms. The fraction of sp³-hybridized carbons (Fsp3) is 0.312. The molecule has 0 aliphatic heterocycles. The van der Waals surface area contributed by atoms with Gasteiger partial charge in [-0.3, -0.25) is 4.98 Å². The Morgan fingerprint density at radius 3 is 3.10 bits per heavy atom. The second-order valence-electron chi connectivity index (χ2n) is 5.12. The molecule has 2 aromatic rings. The molecule has 1 atom stereocenters. The molecule has 0 amide bonds. The number of aromatic nitrogens is 1. The summed E-state index contributed by atoms with van der Waals surface area (Å²) in [5, 5.41) is 3.67. The summed E-state index contributed by atoms with van der Waals surface area (Å²) in [6.45, 7) is 0.667. The molecule has 1 aliphatic carbocycles. The zero-order valence-electron chi connectivity index (χ0n) is 11.1. The zero-order chi connectivity index (χ0) is 13.9. The van der Waals surface area contributed by atoms with E-state index in [1.807, 2.05) is 12.3 Å². The lowest BCUT2D eigenvalue weighted by atomic mass is 9.92. The summed E-state index contributed by atoms with van der Waals surface area (Å²) in [6.07, 6.45) is 5.19. The van der Waals surface area contributed by atoms with Gasteiger partial charge in [-0.05, 0) is 48.6 Å². The van der Waals surface area contributed by atoms with Crippen molar-refractivity contribution >= 4 is 11.6 Å². The summed E-state index contributed by atoms with van der Waals surface area (Å²) in [5.74, 6) is -0.375. The molecule has 0 fully saturated rings. The van der Waals surface area contributed by atoms with Gasteiger partial charge in [0, 0.05) is 12.7 Å². The van der Waals surface area contributed by atoms with Crippen molar-refractivity contribution in [2.24, 2.45) is 0 Å². The Morgan fingerprint density at radius 1 is 1.35 bits per heavy atom. The third-order valence-electron chi connectivity index (χ3n) is 3.73. The van der Waals surface area contributed by atoms with Gasteiger partial charge in [0.05, 0.1) is 16.8 Å². The Morgan fingerprint density at radius 2 is 2.25 bits per heavy atom. The average Bonchev–Trinajstić information content (AvgIpc) is 2.48. The summed E-state index contributed by atoms with van der Waals surface area (Å²) >= 11 is 5.80. The lowest BCUT2D eigenvalue weighted by Crippen LogP contribution is -2.25. The quantitative estimate of drug-likeness (QED) is 0.923. The second kappa shape index (κ2) is 5.90. The van der Waals surface area contributed by atoms with Crippen LogP contribution in [-0.2, 0) is 13.0 Å². The van der Waals surface area contributed by atoms with E-state index in [0.29, 0.717) is 6.54 Å². The fourth-order valence-electron chi connectivity index (χ4n) is 2.70. The van der Waals surface area contributed by atoms with Crippen LogP contribution in [-0.4, -0.2) is 4.98 Å². The van der Waals surface area contributed by atoms with Gasteiger partial charge in [0.15, 0.2) is 0 Å². The molecule has 2 nitrogen and oxygen atoms in total. The van der Waals surface area contributed by atoms with E-state index in [4.69, 9.17) is 11.6 Å². The van der Waals surface area contributed by atoms with E-state index >= 15 is 0 Å². The first-order chi connectivity index (χ1) is 9.74. The lowest BCUT2D eigenvalue weighted by Gasteiger charge is -2.25. The molecule has 1 aromatic heterocycles. The minimum absolute atomic E-state index is 0.173. The van der Waals surface area contributed by atoms with Gasteiger partial charge in [0.1, 0.15) is 5.82 Å². The van der Waals surface area contributed by atoms with Crippen LogP contribution in [0.2, 0.25) is 5.02 Å². The number of fused-ring (bicyclic) bond motifs is 1. The number of nitrogens with one attached hydrogen (secondary N) is 1. The molecule has 3 rings (SSSR count). The molecule has 1 heterocycles. The standard InChI is InChI=1S/C16H16ClFN2/c17-13-9-11(6-7-14(13)18)10-20-15-5-1-3-12-4-2-8-19-16(12)15/h2,4,6-9,15,20H,1,3,5,10H2. The van der Waals surface area contributed by atoms with Crippen LogP contribution >= 0.6 is 11.6 Å². The first-order valence-corrected chi connectivity index (χ1v) is 7.23. The van der Waals surface area contributed by atoms with Crippen LogP contribution < -0.4 is 5.32 Å². The Labute approximate surface area is 123 Å². The second-order valence-corrected chi connectivity index (χ2v) is 5.53. The highest BCUT2D eigenvalue weighted by Gasteiger charge is 2.20. The number of hydrogen-bond donors (Lipinski definition) is 1. The topological polar surface area (TPSA) is 24.9 Å². The molecular weight excluding hydrogens is 275 g/mol. The van der Waals surface area contributed by atoms with E-state index in [1.54, 1.807) is 12.1 Å². The van der Waals surface area contributed by atoms with E-state index in [-0.39, 0.29) is 16.9 Å². The molecule has 0 bridgehead atoms. The third-order valence-corrected chi connectivity index (χ3v) is 4.02. The molecule has 1 aliphatic rings. The monoisotopic (exact) mass is 290 g/mol. The van der Waals surface area contributed by atoms with Gasteiger partial charge in [-0.15, -0.1) is 0 Å². The van der Waals surface area contributed by atoms with Crippen LogP contribution in [0.25, 0.3) is 0 Å². The normalized spacial score (nSPS) is 17.8. The van der Waals surface area contributed by atoms with Crippen molar-refractivity contribution in [3.63, 3.8) is 0 Å². The van der Waals surface area contributed by atoms with Crippen molar-refractivity contribution in [2.45, 2.75) is 31.8 Å². The van der Waals surface area contributed by atoms with Crippen molar-refractivity contribution in [3.8, 4) is 0 Å². The summed E-state index contributed by atoms with van der Waals surface area (Å²) in [4.78, 5) is 4.50. The first-order valence-electron chi connectivity index (χ1n) is 6.85. The molecule has 0 radical (unpaired) electrons. The highest BCUT2D eigenvalue weighted by molar-refractivity contribution is 6.30. The van der Waals surface area contributed by atoms with Crippen molar-refractivity contribution in [2.75, 3.05) is 0 Å². The van der Waals surface area contributed by atoms with Gasteiger partial charge < -0.3 is 5.32 Å². The van der Waals surface area contributed by atoms with Crippen LogP contribution in [0.1, 0.15) is 35.7 Å². The van der Waals surface area contributed by atoms with Crippen LogP contribution in [0.15, 0.2) is 36.5 Å². The van der Waals surface area contributed by atoms with E-state index in [2.05, 4.69) is 16.4 Å². The van der Waals surface area contributed by atoms with Crippen LogP contribution in [0, 0.1) is 5.82 Å². The summed E-state index contributed by atoms with van der Waals surface area (Å²) in [7, 11) is 0. The lowest BCUT2D eigenvalue weighted by molar-refractivity contribution is 0.447. The van der Waals surface area contributed by atoms with Gasteiger partial charge in [-0.25, -0.2) is 4.39 Å². The highest BCUT2D eigenvalue weighted by Crippen LogP contribution is 2.28. The van der Waals surface area contributed by atoms with Crippen molar-refractivity contribution in [1.29, 1.82) is 0 Å². The summed E-state index contributed by atoms with van der Waals surface area (Å²) in [6, 6.07) is 9.24. The van der Waals surface area contributed by atoms with Gasteiger partial charge in [-0.1, -0.05) is 23.7 Å². The highest BCUT2D eigenvalue weighted by atomic mass is 35.5. The molecule has 1 N–H and O–H groups in total. The van der Waals surface area contributed by atoms with Crippen LogP contribution in [0.3, 0.4) is 0 Å². The predicted molar refractivity (Wildman–Crippen MR) is 78.2 cm³/mol. The largest absolute Gasteiger partial charge is 0.305 e. The maximum atomic E-state index is 13.1. The molecule has 0 saturated heterocycles. The predicted octanol–water partition coefficient (Wildman–Crippen LogP) is 4.04. The van der Waals surface area contributed by atoms with Gasteiger partial charge in [0.25, 0.3) is 0 Å². The van der Waals surface area contributed by atoms with Gasteiger partial charge in [0.2, 0.25) is 0 Å². The van der Waals surface area contributed by atoms with Gasteiger partial charge in [-0.2, -0.15) is 0 Å².